The molecule has 152 valence electrons. The molecule has 2 aromatic carbocycles. The molecule has 1 heterocycles. The molecule has 1 amide bonds. The number of carbonyl (C=O) groups is 1. The van der Waals surface area contributed by atoms with Crippen LogP contribution in [0.15, 0.2) is 47.4 Å². The second-order valence-corrected chi connectivity index (χ2v) is 7.99. The Morgan fingerprint density at radius 1 is 1.07 bits per heavy atom. The Labute approximate surface area is 181 Å². The highest BCUT2D eigenvalue weighted by atomic mass is 32.2. The molecule has 1 fully saturated rings. The Morgan fingerprint density at radius 2 is 1.76 bits per heavy atom. The van der Waals surface area contributed by atoms with Crippen molar-refractivity contribution in [1.82, 2.24) is 0 Å². The lowest BCUT2D eigenvalue weighted by molar-refractivity contribution is -0.113. The fourth-order valence-electron chi connectivity index (χ4n) is 3.19. The first kappa shape index (κ1) is 21.2. The van der Waals surface area contributed by atoms with Crippen LogP contribution in [0.4, 0.5) is 11.4 Å². The van der Waals surface area contributed by atoms with Gasteiger partial charge in [-0.25, -0.2) is 0 Å². The van der Waals surface area contributed by atoms with Gasteiger partial charge in [0.05, 0.1) is 24.8 Å². The summed E-state index contributed by atoms with van der Waals surface area (Å²) in [7, 11) is 3.20. The molecule has 2 aromatic rings. The number of carbonyl (C=O) groups excluding carboxylic acids is 1. The number of ether oxygens (including phenoxy) is 2. The number of thiocarbonyl (C=S) groups is 1. The molecule has 1 saturated heterocycles. The van der Waals surface area contributed by atoms with E-state index in [-0.39, 0.29) is 5.91 Å². The van der Waals surface area contributed by atoms with E-state index in [4.69, 9.17) is 21.7 Å². The van der Waals surface area contributed by atoms with Crippen molar-refractivity contribution in [2.45, 2.75) is 13.8 Å². The number of benzene rings is 2. The van der Waals surface area contributed by atoms with Gasteiger partial charge in [0.2, 0.25) is 0 Å². The van der Waals surface area contributed by atoms with E-state index in [1.807, 2.05) is 42.5 Å². The average Bonchev–Trinajstić information content (AvgIpc) is 3.02. The second kappa shape index (κ2) is 9.33. The minimum atomic E-state index is -0.138. The molecule has 0 aliphatic carbocycles. The van der Waals surface area contributed by atoms with Gasteiger partial charge >= 0.3 is 0 Å². The molecule has 0 bridgehead atoms. The number of methoxy groups -OCH3 is 2. The Bertz CT molecular complexity index is 938. The van der Waals surface area contributed by atoms with Crippen molar-refractivity contribution in [3.05, 3.63) is 52.9 Å². The van der Waals surface area contributed by atoms with Gasteiger partial charge in [-0.05, 0) is 62.4 Å². The molecule has 5 nitrogen and oxygen atoms in total. The van der Waals surface area contributed by atoms with Crippen molar-refractivity contribution in [2.24, 2.45) is 0 Å². The van der Waals surface area contributed by atoms with E-state index in [2.05, 4.69) is 18.7 Å². The minimum Gasteiger partial charge on any atom is -0.497 e. The smallest absolute Gasteiger partial charge is 0.270 e. The summed E-state index contributed by atoms with van der Waals surface area (Å²) in [5.41, 5.74) is 2.66. The third kappa shape index (κ3) is 4.41. The summed E-state index contributed by atoms with van der Waals surface area (Å²) >= 11 is 6.78. The van der Waals surface area contributed by atoms with E-state index in [9.17, 15) is 4.79 Å². The molecule has 7 heteroatoms. The standard InChI is InChI=1S/C22H24N2O3S2/c1-5-23(6-2)16-7-9-17(10-8-16)24-21(25)20(29-22(24)28)14-15-13-18(26-3)11-12-19(15)27-4/h7-14H,5-6H2,1-4H3/b20-14-. The molecule has 1 aliphatic heterocycles. The van der Waals surface area contributed by atoms with Gasteiger partial charge in [0.25, 0.3) is 5.91 Å². The maximum absolute atomic E-state index is 13.1. The van der Waals surface area contributed by atoms with E-state index in [1.165, 1.54) is 11.8 Å². The van der Waals surface area contributed by atoms with Crippen LogP contribution in [-0.2, 0) is 4.79 Å². The van der Waals surface area contributed by atoms with Crippen LogP contribution < -0.4 is 19.3 Å². The minimum absolute atomic E-state index is 0.138. The second-order valence-electron chi connectivity index (χ2n) is 6.31. The topological polar surface area (TPSA) is 42.0 Å². The average molecular weight is 429 g/mol. The van der Waals surface area contributed by atoms with E-state index < -0.39 is 0 Å². The zero-order chi connectivity index (χ0) is 21.0. The van der Waals surface area contributed by atoms with Crippen LogP contribution in [0.2, 0.25) is 0 Å². The summed E-state index contributed by atoms with van der Waals surface area (Å²) in [6.07, 6.45) is 1.80. The molecule has 0 spiro atoms. The first-order valence-electron chi connectivity index (χ1n) is 9.37. The van der Waals surface area contributed by atoms with Crippen LogP contribution in [0.5, 0.6) is 11.5 Å². The van der Waals surface area contributed by atoms with Crippen LogP contribution in [-0.4, -0.2) is 37.5 Å². The third-order valence-electron chi connectivity index (χ3n) is 4.75. The van der Waals surface area contributed by atoms with Gasteiger partial charge in [-0.3, -0.25) is 9.69 Å². The van der Waals surface area contributed by atoms with Gasteiger partial charge in [-0.15, -0.1) is 0 Å². The highest BCUT2D eigenvalue weighted by Gasteiger charge is 2.33. The molecule has 0 unspecified atom stereocenters. The first-order valence-corrected chi connectivity index (χ1v) is 10.6. The normalized spacial score (nSPS) is 15.2. The Morgan fingerprint density at radius 3 is 2.34 bits per heavy atom. The zero-order valence-electron chi connectivity index (χ0n) is 17.0. The Kier molecular flexibility index (Phi) is 6.82. The number of anilines is 2. The maximum atomic E-state index is 13.1. The van der Waals surface area contributed by atoms with Crippen molar-refractivity contribution in [2.75, 3.05) is 37.1 Å². The number of nitrogens with zero attached hydrogens (tertiary/aromatic N) is 2. The highest BCUT2D eigenvalue weighted by molar-refractivity contribution is 8.27. The molecule has 0 radical (unpaired) electrons. The van der Waals surface area contributed by atoms with Crippen LogP contribution in [0.1, 0.15) is 19.4 Å². The number of hydrogen-bond acceptors (Lipinski definition) is 6. The molecule has 0 N–H and O–H groups in total. The lowest BCUT2D eigenvalue weighted by atomic mass is 10.1. The molecular formula is C22H24N2O3S2. The summed E-state index contributed by atoms with van der Waals surface area (Å²) in [5, 5.41) is 0. The zero-order valence-corrected chi connectivity index (χ0v) is 18.6. The third-order valence-corrected chi connectivity index (χ3v) is 6.06. The van der Waals surface area contributed by atoms with Crippen LogP contribution in [0.3, 0.4) is 0 Å². The summed E-state index contributed by atoms with van der Waals surface area (Å²) in [5.74, 6) is 1.22. The summed E-state index contributed by atoms with van der Waals surface area (Å²) < 4.78 is 11.2. The summed E-state index contributed by atoms with van der Waals surface area (Å²) in [6, 6.07) is 13.4. The van der Waals surface area contributed by atoms with Crippen molar-refractivity contribution in [3.8, 4) is 11.5 Å². The lowest BCUT2D eigenvalue weighted by Gasteiger charge is -2.22. The fourth-order valence-corrected chi connectivity index (χ4v) is 4.47. The molecular weight excluding hydrogens is 404 g/mol. The largest absolute Gasteiger partial charge is 0.497 e. The number of thioether (sulfide) groups is 1. The summed E-state index contributed by atoms with van der Waals surface area (Å²) in [4.78, 5) is 17.5. The van der Waals surface area contributed by atoms with Gasteiger partial charge < -0.3 is 14.4 Å². The molecule has 29 heavy (non-hydrogen) atoms. The Hall–Kier alpha value is -2.51. The molecule has 0 saturated carbocycles. The quantitative estimate of drug-likeness (QED) is 0.459. The monoisotopic (exact) mass is 428 g/mol. The Balaban J connectivity index is 1.89. The highest BCUT2D eigenvalue weighted by Crippen LogP contribution is 2.38. The predicted molar refractivity (Wildman–Crippen MR) is 125 cm³/mol. The van der Waals surface area contributed by atoms with Gasteiger partial charge in [0, 0.05) is 24.3 Å². The van der Waals surface area contributed by atoms with Crippen molar-refractivity contribution in [3.63, 3.8) is 0 Å². The summed E-state index contributed by atoms with van der Waals surface area (Å²) in [6.45, 7) is 6.11. The van der Waals surface area contributed by atoms with Crippen LogP contribution >= 0.6 is 24.0 Å². The van der Waals surface area contributed by atoms with Crippen LogP contribution in [0, 0.1) is 0 Å². The van der Waals surface area contributed by atoms with E-state index in [0.29, 0.717) is 20.7 Å². The van der Waals surface area contributed by atoms with E-state index in [1.54, 1.807) is 25.2 Å². The van der Waals surface area contributed by atoms with Gasteiger partial charge in [0.15, 0.2) is 4.32 Å². The fraction of sp³-hybridized carbons (Fsp3) is 0.273. The number of hydrogen-bond donors (Lipinski definition) is 0. The van der Waals surface area contributed by atoms with Crippen LogP contribution in [0.25, 0.3) is 6.08 Å². The van der Waals surface area contributed by atoms with Crippen molar-refractivity contribution in [1.29, 1.82) is 0 Å². The maximum Gasteiger partial charge on any atom is 0.270 e. The van der Waals surface area contributed by atoms with Gasteiger partial charge in [0.1, 0.15) is 11.5 Å². The number of amides is 1. The van der Waals surface area contributed by atoms with E-state index in [0.717, 1.165) is 30.0 Å². The SMILES string of the molecule is CCN(CC)c1ccc(N2C(=O)/C(=C/c3cc(OC)ccc3OC)SC2=S)cc1. The van der Waals surface area contributed by atoms with E-state index >= 15 is 0 Å². The predicted octanol–water partition coefficient (Wildman–Crippen LogP) is 4.96. The molecule has 1 aliphatic rings. The van der Waals surface area contributed by atoms with Gasteiger partial charge in [-0.1, -0.05) is 24.0 Å². The van der Waals surface area contributed by atoms with Crippen molar-refractivity contribution >= 4 is 51.7 Å². The lowest BCUT2D eigenvalue weighted by Crippen LogP contribution is -2.27. The van der Waals surface area contributed by atoms with Crippen molar-refractivity contribution < 1.29 is 14.3 Å². The van der Waals surface area contributed by atoms with Gasteiger partial charge in [-0.2, -0.15) is 0 Å². The molecule has 3 rings (SSSR count). The number of rotatable bonds is 7. The molecule has 0 atom stereocenters. The first-order chi connectivity index (χ1) is 14.0. The molecule has 0 aromatic heterocycles.